The monoisotopic (exact) mass is 252 g/mol. The Kier molecular flexibility index (Phi) is 3.89. The van der Waals surface area contributed by atoms with Gasteiger partial charge in [0, 0.05) is 12.8 Å². The van der Waals surface area contributed by atoms with E-state index in [1.54, 1.807) is 0 Å². The van der Waals surface area contributed by atoms with E-state index in [1.165, 1.54) is 6.42 Å². The Morgan fingerprint density at radius 3 is 2.39 bits per heavy atom. The van der Waals surface area contributed by atoms with Gasteiger partial charge in [0.05, 0.1) is 11.2 Å². The van der Waals surface area contributed by atoms with Gasteiger partial charge in [-0.2, -0.15) is 0 Å². The van der Waals surface area contributed by atoms with Crippen LogP contribution in [0.3, 0.4) is 0 Å². The van der Waals surface area contributed by atoms with Crippen LogP contribution in [-0.4, -0.2) is 24.1 Å². The molecule has 102 valence electrons. The van der Waals surface area contributed by atoms with E-state index in [4.69, 9.17) is 9.31 Å². The van der Waals surface area contributed by atoms with Crippen LogP contribution in [0.15, 0.2) is 0 Å². The zero-order chi connectivity index (χ0) is 13.4. The van der Waals surface area contributed by atoms with Crippen LogP contribution >= 0.6 is 0 Å². The van der Waals surface area contributed by atoms with Gasteiger partial charge in [-0.1, -0.05) is 6.42 Å². The molecule has 1 saturated heterocycles. The Morgan fingerprint density at radius 1 is 1.22 bits per heavy atom. The van der Waals surface area contributed by atoms with Crippen molar-refractivity contribution in [3.8, 4) is 0 Å². The standard InChI is InChI=1S/C14H25BO3/c1-13(2)14(3,4)18-15(17-13)9-8-11-6-5-7-12(16)10-11/h11H,5-10H2,1-4H3/t11-/m0/s1. The number of Topliss-reactive ketones (excluding diaryl/α,β-unsaturated/α-hetero) is 1. The van der Waals surface area contributed by atoms with E-state index >= 15 is 0 Å². The average Bonchev–Trinajstić information content (AvgIpc) is 2.45. The third-order valence-electron chi connectivity index (χ3n) is 4.70. The molecule has 2 fully saturated rings. The molecule has 0 amide bonds. The van der Waals surface area contributed by atoms with E-state index in [1.807, 2.05) is 0 Å². The topological polar surface area (TPSA) is 35.5 Å². The van der Waals surface area contributed by atoms with Gasteiger partial charge in [0.25, 0.3) is 0 Å². The highest BCUT2D eigenvalue weighted by Gasteiger charge is 2.50. The van der Waals surface area contributed by atoms with Crippen LogP contribution in [0.4, 0.5) is 0 Å². The molecule has 2 rings (SSSR count). The number of carbonyl (C=O) groups is 1. The average molecular weight is 252 g/mol. The van der Waals surface area contributed by atoms with Crippen molar-refractivity contribution in [3.63, 3.8) is 0 Å². The molecule has 0 unspecified atom stereocenters. The lowest BCUT2D eigenvalue weighted by Gasteiger charge is -2.32. The fourth-order valence-electron chi connectivity index (χ4n) is 2.82. The fraction of sp³-hybridized carbons (Fsp3) is 0.929. The van der Waals surface area contributed by atoms with Gasteiger partial charge in [-0.05, 0) is 52.8 Å². The largest absolute Gasteiger partial charge is 0.457 e. The van der Waals surface area contributed by atoms with Gasteiger partial charge >= 0.3 is 7.12 Å². The van der Waals surface area contributed by atoms with Crippen molar-refractivity contribution in [2.75, 3.05) is 0 Å². The predicted molar refractivity (Wildman–Crippen MR) is 72.5 cm³/mol. The van der Waals surface area contributed by atoms with Gasteiger partial charge in [-0.15, -0.1) is 0 Å². The van der Waals surface area contributed by atoms with Gasteiger partial charge in [0.2, 0.25) is 0 Å². The molecular weight excluding hydrogens is 227 g/mol. The minimum Gasteiger partial charge on any atom is -0.403 e. The van der Waals surface area contributed by atoms with Crippen molar-refractivity contribution in [1.82, 2.24) is 0 Å². The molecule has 0 bridgehead atoms. The van der Waals surface area contributed by atoms with Crippen molar-refractivity contribution in [1.29, 1.82) is 0 Å². The first-order valence-corrected chi connectivity index (χ1v) is 7.17. The third-order valence-corrected chi connectivity index (χ3v) is 4.70. The van der Waals surface area contributed by atoms with Crippen LogP contribution in [0.1, 0.15) is 59.8 Å². The summed E-state index contributed by atoms with van der Waals surface area (Å²) in [5.74, 6) is 0.977. The summed E-state index contributed by atoms with van der Waals surface area (Å²) in [6, 6.07) is 0. The number of carbonyl (C=O) groups excluding carboxylic acids is 1. The molecule has 4 heteroatoms. The molecule has 0 aromatic rings. The Hall–Kier alpha value is -0.345. The summed E-state index contributed by atoms with van der Waals surface area (Å²) in [7, 11) is -0.105. The van der Waals surface area contributed by atoms with E-state index in [9.17, 15) is 4.79 Å². The first kappa shape index (κ1) is 14.1. The maximum atomic E-state index is 11.4. The second kappa shape index (κ2) is 4.97. The van der Waals surface area contributed by atoms with Gasteiger partial charge in [-0.25, -0.2) is 0 Å². The maximum absolute atomic E-state index is 11.4. The van der Waals surface area contributed by atoms with Crippen molar-refractivity contribution in [2.45, 2.75) is 77.3 Å². The molecule has 1 atom stereocenters. The zero-order valence-electron chi connectivity index (χ0n) is 12.1. The molecule has 0 aromatic heterocycles. The molecule has 0 radical (unpaired) electrons. The molecule has 3 nitrogen and oxygen atoms in total. The van der Waals surface area contributed by atoms with Crippen molar-refractivity contribution in [3.05, 3.63) is 0 Å². The van der Waals surface area contributed by atoms with Crippen LogP contribution in [0, 0.1) is 5.92 Å². The molecule has 1 aliphatic heterocycles. The normalized spacial score (nSPS) is 30.8. The van der Waals surface area contributed by atoms with Crippen molar-refractivity contribution < 1.29 is 14.1 Å². The highest BCUT2D eigenvalue weighted by molar-refractivity contribution is 6.45. The first-order chi connectivity index (χ1) is 8.30. The summed E-state index contributed by atoms with van der Waals surface area (Å²) in [4.78, 5) is 11.4. The number of hydrogen-bond acceptors (Lipinski definition) is 3. The Balaban J connectivity index is 1.80. The predicted octanol–water partition coefficient (Wildman–Crippen LogP) is 3.23. The van der Waals surface area contributed by atoms with Gasteiger partial charge in [-0.3, -0.25) is 4.79 Å². The van der Waals surface area contributed by atoms with Crippen LogP contribution in [0.25, 0.3) is 0 Å². The molecule has 1 heterocycles. The molecule has 0 spiro atoms. The maximum Gasteiger partial charge on any atom is 0.457 e. The SMILES string of the molecule is CC1(C)OB(CC[C@@H]2CCCC(=O)C2)OC1(C)C. The molecule has 0 N–H and O–H groups in total. The van der Waals surface area contributed by atoms with E-state index in [-0.39, 0.29) is 18.3 Å². The first-order valence-electron chi connectivity index (χ1n) is 7.17. The van der Waals surface area contributed by atoms with E-state index < -0.39 is 0 Å². The van der Waals surface area contributed by atoms with Crippen LogP contribution < -0.4 is 0 Å². The second-order valence-corrected chi connectivity index (χ2v) is 6.76. The van der Waals surface area contributed by atoms with Gasteiger partial charge < -0.3 is 9.31 Å². The Morgan fingerprint density at radius 2 is 1.83 bits per heavy atom. The quantitative estimate of drug-likeness (QED) is 0.723. The number of ketones is 1. The van der Waals surface area contributed by atoms with Gasteiger partial charge in [0.15, 0.2) is 0 Å². The van der Waals surface area contributed by atoms with Crippen LogP contribution in [-0.2, 0) is 14.1 Å². The summed E-state index contributed by atoms with van der Waals surface area (Å²) in [6.07, 6.45) is 5.75. The fourth-order valence-corrected chi connectivity index (χ4v) is 2.82. The molecule has 0 aromatic carbocycles. The zero-order valence-corrected chi connectivity index (χ0v) is 12.1. The minimum atomic E-state index is -0.236. The second-order valence-electron chi connectivity index (χ2n) is 6.76. The number of rotatable bonds is 3. The summed E-state index contributed by atoms with van der Waals surface area (Å²) in [5, 5.41) is 0. The van der Waals surface area contributed by atoms with Crippen molar-refractivity contribution in [2.24, 2.45) is 5.92 Å². The van der Waals surface area contributed by atoms with E-state index in [2.05, 4.69) is 27.7 Å². The van der Waals surface area contributed by atoms with Crippen molar-refractivity contribution >= 4 is 12.9 Å². The highest BCUT2D eigenvalue weighted by Crippen LogP contribution is 2.39. The minimum absolute atomic E-state index is 0.105. The number of hydrogen-bond donors (Lipinski definition) is 0. The Labute approximate surface area is 111 Å². The Bertz CT molecular complexity index is 309. The lowest BCUT2D eigenvalue weighted by molar-refractivity contribution is -0.121. The lowest BCUT2D eigenvalue weighted by Crippen LogP contribution is -2.41. The van der Waals surface area contributed by atoms with Gasteiger partial charge in [0.1, 0.15) is 5.78 Å². The van der Waals surface area contributed by atoms with E-state index in [0.717, 1.165) is 32.0 Å². The molecular formula is C14H25BO3. The summed E-state index contributed by atoms with van der Waals surface area (Å²) >= 11 is 0. The summed E-state index contributed by atoms with van der Waals surface area (Å²) in [5.41, 5.74) is -0.472. The lowest BCUT2D eigenvalue weighted by atomic mass is 9.76. The third kappa shape index (κ3) is 2.97. The summed E-state index contributed by atoms with van der Waals surface area (Å²) < 4.78 is 11.9. The molecule has 1 saturated carbocycles. The highest BCUT2D eigenvalue weighted by atomic mass is 16.7. The van der Waals surface area contributed by atoms with Crippen LogP contribution in [0.2, 0.25) is 6.32 Å². The van der Waals surface area contributed by atoms with Crippen LogP contribution in [0.5, 0.6) is 0 Å². The summed E-state index contributed by atoms with van der Waals surface area (Å²) in [6.45, 7) is 8.32. The smallest absolute Gasteiger partial charge is 0.403 e. The van der Waals surface area contributed by atoms with E-state index in [0.29, 0.717) is 11.7 Å². The molecule has 1 aliphatic carbocycles. The molecule has 18 heavy (non-hydrogen) atoms. The molecule has 2 aliphatic rings.